The molecular weight excluding hydrogens is 177 g/mol. The van der Waals surface area contributed by atoms with Gasteiger partial charge in [-0.2, -0.15) is 0 Å². The molecule has 0 radical (unpaired) electrons. The third kappa shape index (κ3) is 1.62. The summed E-state index contributed by atoms with van der Waals surface area (Å²) in [5, 5.41) is 1.40. The molecule has 0 saturated heterocycles. The van der Waals surface area contributed by atoms with Crippen LogP contribution in [-0.4, -0.2) is 4.98 Å². The summed E-state index contributed by atoms with van der Waals surface area (Å²) >= 11 is 0. The van der Waals surface area contributed by atoms with Gasteiger partial charge in [-0.15, -0.1) is 8.19 Å². The quantitative estimate of drug-likeness (QED) is 0.620. The number of hydrogen-bond donors (Lipinski definition) is 0. The van der Waals surface area contributed by atoms with Crippen molar-refractivity contribution in [3.05, 3.63) is 29.7 Å². The lowest BCUT2D eigenvalue weighted by atomic mass is 9.98. The molecule has 0 saturated carbocycles. The highest BCUT2D eigenvalue weighted by atomic mass is 31.0. The van der Waals surface area contributed by atoms with Crippen molar-refractivity contribution in [3.63, 3.8) is 0 Å². The Morgan fingerprint density at radius 1 is 1.15 bits per heavy atom. The summed E-state index contributed by atoms with van der Waals surface area (Å²) < 4.78 is 0. The van der Waals surface area contributed by atoms with Gasteiger partial charge in [-0.05, 0) is 12.1 Å². The summed E-state index contributed by atoms with van der Waals surface area (Å²) in [6.07, 6.45) is 0. The lowest BCUT2D eigenvalue weighted by molar-refractivity contribution is 0.587. The molecule has 2 rings (SSSR count). The molecule has 1 nitrogen and oxygen atoms in total. The average molecular weight is 191 g/mol. The topological polar surface area (TPSA) is 12.9 Å². The van der Waals surface area contributed by atoms with Crippen LogP contribution in [0.3, 0.4) is 0 Å². The fourth-order valence-electron chi connectivity index (χ4n) is 1.31. The molecule has 0 N–H and O–H groups in total. The van der Waals surface area contributed by atoms with Crippen LogP contribution in [0.15, 0.2) is 24.3 Å². The highest BCUT2D eigenvalue weighted by molar-refractivity contribution is 7.37. The van der Waals surface area contributed by atoms with Crippen molar-refractivity contribution in [2.75, 3.05) is 0 Å². The molecule has 2 heteroatoms. The number of aromatic nitrogens is 1. The van der Waals surface area contributed by atoms with E-state index in [1.54, 1.807) is 0 Å². The Morgan fingerprint density at radius 2 is 1.85 bits per heavy atom. The number of benzene rings is 1. The van der Waals surface area contributed by atoms with Crippen LogP contribution in [0.25, 0.3) is 10.6 Å². The lowest BCUT2D eigenvalue weighted by Gasteiger charge is -2.14. The molecule has 1 atom stereocenters. The molecule has 0 aliphatic heterocycles. The zero-order chi connectivity index (χ0) is 9.47. The Kier molecular flexibility index (Phi) is 1.92. The molecule has 1 unspecified atom stereocenters. The molecule has 0 spiro atoms. The summed E-state index contributed by atoms with van der Waals surface area (Å²) in [7, 11) is 0.772. The number of para-hydroxylation sites is 1. The van der Waals surface area contributed by atoms with Crippen LogP contribution in [0, 0.1) is 0 Å². The van der Waals surface area contributed by atoms with Crippen LogP contribution in [0.1, 0.15) is 26.2 Å². The lowest BCUT2D eigenvalue weighted by Crippen LogP contribution is -2.09. The summed E-state index contributed by atoms with van der Waals surface area (Å²) in [6.45, 7) is 6.68. The zero-order valence-electron chi connectivity index (χ0n) is 8.26. The van der Waals surface area contributed by atoms with E-state index in [4.69, 9.17) is 0 Å². The van der Waals surface area contributed by atoms with Gasteiger partial charge in [0.05, 0.1) is 10.9 Å². The van der Waals surface area contributed by atoms with Crippen molar-refractivity contribution in [2.45, 2.75) is 26.2 Å². The van der Waals surface area contributed by atoms with E-state index >= 15 is 0 Å². The Balaban J connectivity index is 2.63. The van der Waals surface area contributed by atoms with E-state index in [2.05, 4.69) is 50.0 Å². The van der Waals surface area contributed by atoms with Gasteiger partial charge in [-0.1, -0.05) is 32.9 Å². The van der Waals surface area contributed by atoms with Gasteiger partial charge in [0.15, 0.2) is 0 Å². The molecular formula is C11H14NP. The predicted molar refractivity (Wildman–Crippen MR) is 59.9 cm³/mol. The van der Waals surface area contributed by atoms with E-state index in [0.717, 1.165) is 8.19 Å². The van der Waals surface area contributed by atoms with Crippen molar-refractivity contribution in [3.8, 4) is 0 Å². The fourth-order valence-corrected chi connectivity index (χ4v) is 2.56. The third-order valence-electron chi connectivity index (χ3n) is 2.10. The van der Waals surface area contributed by atoms with E-state index in [9.17, 15) is 0 Å². The van der Waals surface area contributed by atoms with Gasteiger partial charge in [-0.25, -0.2) is 4.98 Å². The maximum absolute atomic E-state index is 4.65. The molecule has 0 amide bonds. The molecule has 68 valence electrons. The number of fused-ring (bicyclic) bond motifs is 1. The van der Waals surface area contributed by atoms with E-state index in [1.807, 2.05) is 0 Å². The van der Waals surface area contributed by atoms with Crippen molar-refractivity contribution in [1.82, 2.24) is 4.98 Å². The van der Waals surface area contributed by atoms with Crippen LogP contribution in [-0.2, 0) is 5.41 Å². The number of hydrogen-bond acceptors (Lipinski definition) is 1. The van der Waals surface area contributed by atoms with Crippen LogP contribution >= 0.6 is 8.19 Å². The van der Waals surface area contributed by atoms with E-state index in [0.29, 0.717) is 0 Å². The molecule has 2 aromatic rings. The second-order valence-electron chi connectivity index (χ2n) is 4.35. The van der Waals surface area contributed by atoms with E-state index in [-0.39, 0.29) is 5.41 Å². The van der Waals surface area contributed by atoms with Crippen molar-refractivity contribution in [2.24, 2.45) is 0 Å². The smallest absolute Gasteiger partial charge is 0.0747 e. The van der Waals surface area contributed by atoms with Crippen molar-refractivity contribution >= 4 is 18.8 Å². The summed E-state index contributed by atoms with van der Waals surface area (Å²) in [5.41, 5.74) is 2.72. The van der Waals surface area contributed by atoms with Gasteiger partial charge in [0.1, 0.15) is 0 Å². The largest absolute Gasteiger partial charge is 0.248 e. The van der Waals surface area contributed by atoms with Gasteiger partial charge in [0, 0.05) is 10.5 Å². The Labute approximate surface area is 80.3 Å². The maximum Gasteiger partial charge on any atom is 0.0747 e. The minimum Gasteiger partial charge on any atom is -0.248 e. The van der Waals surface area contributed by atoms with Crippen LogP contribution < -0.4 is 0 Å². The zero-order valence-corrected chi connectivity index (χ0v) is 9.26. The highest BCUT2D eigenvalue weighted by Gasteiger charge is 2.16. The molecule has 1 heterocycles. The van der Waals surface area contributed by atoms with Crippen LogP contribution in [0.5, 0.6) is 0 Å². The van der Waals surface area contributed by atoms with Crippen LogP contribution in [0.2, 0.25) is 0 Å². The van der Waals surface area contributed by atoms with E-state index < -0.39 is 0 Å². The molecule has 13 heavy (non-hydrogen) atoms. The minimum atomic E-state index is 0.220. The maximum atomic E-state index is 4.65. The number of rotatable bonds is 0. The minimum absolute atomic E-state index is 0.220. The van der Waals surface area contributed by atoms with Crippen molar-refractivity contribution < 1.29 is 0 Å². The second-order valence-corrected chi connectivity index (χ2v) is 5.61. The standard InChI is InChI=1S/C11H14NP/c1-11(2,3)10-12-8-6-4-5-7-9(8)13-10/h4-7,13H,1-3H3. The first-order valence-electron chi connectivity index (χ1n) is 4.52. The summed E-state index contributed by atoms with van der Waals surface area (Å²) in [5.74, 6) is 0. The second kappa shape index (κ2) is 2.85. The molecule has 0 bridgehead atoms. The normalized spacial score (nSPS) is 12.8. The monoisotopic (exact) mass is 191 g/mol. The van der Waals surface area contributed by atoms with Gasteiger partial charge in [0.25, 0.3) is 0 Å². The Morgan fingerprint density at radius 3 is 2.46 bits per heavy atom. The summed E-state index contributed by atoms with van der Waals surface area (Å²) in [6, 6.07) is 8.42. The Hall–Kier alpha value is -0.810. The van der Waals surface area contributed by atoms with E-state index in [1.165, 1.54) is 16.1 Å². The average Bonchev–Trinajstić information content (AvgIpc) is 2.45. The first-order chi connectivity index (χ1) is 6.07. The van der Waals surface area contributed by atoms with Gasteiger partial charge >= 0.3 is 0 Å². The predicted octanol–water partition coefficient (Wildman–Crippen LogP) is 3.56. The Bertz CT molecular complexity index is 390. The SMILES string of the molecule is CC(C)(C)c1nc2ccccc2[pH]1. The van der Waals surface area contributed by atoms with Gasteiger partial charge in [0.2, 0.25) is 0 Å². The molecule has 0 aliphatic rings. The van der Waals surface area contributed by atoms with Crippen LogP contribution in [0.4, 0.5) is 0 Å². The van der Waals surface area contributed by atoms with Gasteiger partial charge in [-0.3, -0.25) is 0 Å². The first kappa shape index (κ1) is 8.77. The first-order valence-corrected chi connectivity index (χ1v) is 5.52. The molecule has 1 aromatic heterocycles. The molecule has 0 fully saturated rings. The molecule has 1 aromatic carbocycles. The highest BCUT2D eigenvalue weighted by Crippen LogP contribution is 2.34. The third-order valence-corrected chi connectivity index (χ3v) is 3.89. The molecule has 0 aliphatic carbocycles. The van der Waals surface area contributed by atoms with Crippen molar-refractivity contribution in [1.29, 1.82) is 0 Å². The van der Waals surface area contributed by atoms with Gasteiger partial charge < -0.3 is 0 Å². The fraction of sp³-hybridized carbons (Fsp3) is 0.364. The number of nitrogens with zero attached hydrogens (tertiary/aromatic N) is 1. The summed E-state index contributed by atoms with van der Waals surface area (Å²) in [4.78, 5) is 4.65.